The fourth-order valence-corrected chi connectivity index (χ4v) is 2.71. The number of benzene rings is 1. The van der Waals surface area contributed by atoms with Crippen molar-refractivity contribution in [3.63, 3.8) is 0 Å². The molecule has 5 heteroatoms. The summed E-state index contributed by atoms with van der Waals surface area (Å²) in [6.07, 6.45) is 5.07. The van der Waals surface area contributed by atoms with Crippen molar-refractivity contribution in [1.82, 2.24) is 5.32 Å². The second kappa shape index (κ2) is 7.75. The lowest BCUT2D eigenvalue weighted by Gasteiger charge is -2.21. The Kier molecular flexibility index (Phi) is 5.72. The predicted octanol–water partition coefficient (Wildman–Crippen LogP) is 1.71. The van der Waals surface area contributed by atoms with Crippen molar-refractivity contribution in [2.24, 2.45) is 5.73 Å². The van der Waals surface area contributed by atoms with Crippen LogP contribution in [0.5, 0.6) is 0 Å². The molecule has 4 N–H and O–H groups in total. The Hall–Kier alpha value is -2.14. The van der Waals surface area contributed by atoms with Crippen molar-refractivity contribution < 1.29 is 14.7 Å². The van der Waals surface area contributed by atoms with E-state index in [1.54, 1.807) is 0 Å². The number of hydrogen-bond donors (Lipinski definition) is 3. The first kappa shape index (κ1) is 16.2. The van der Waals surface area contributed by atoms with Crippen molar-refractivity contribution in [2.45, 2.75) is 38.1 Å². The summed E-state index contributed by atoms with van der Waals surface area (Å²) >= 11 is 0. The van der Waals surface area contributed by atoms with Crippen molar-refractivity contribution in [3.05, 3.63) is 41.5 Å². The topological polar surface area (TPSA) is 92.4 Å². The maximum atomic E-state index is 11.8. The van der Waals surface area contributed by atoms with Gasteiger partial charge in [-0.15, -0.1) is 0 Å². The van der Waals surface area contributed by atoms with Crippen LogP contribution in [0.3, 0.4) is 0 Å². The summed E-state index contributed by atoms with van der Waals surface area (Å²) < 4.78 is 0. The van der Waals surface area contributed by atoms with Gasteiger partial charge < -0.3 is 16.2 Å². The molecule has 22 heavy (non-hydrogen) atoms. The Balaban J connectivity index is 2.07. The van der Waals surface area contributed by atoms with E-state index in [9.17, 15) is 14.7 Å². The number of aliphatic carboxylic acids is 1. The van der Waals surface area contributed by atoms with Gasteiger partial charge in [-0.1, -0.05) is 30.3 Å². The van der Waals surface area contributed by atoms with E-state index in [-0.39, 0.29) is 12.3 Å². The number of carbonyl (C=O) groups excluding carboxylic acids is 1. The third-order valence-electron chi connectivity index (χ3n) is 3.83. The minimum absolute atomic E-state index is 0.260. The molecule has 118 valence electrons. The number of carboxylic acids is 1. The molecule has 1 unspecified atom stereocenters. The first-order valence-electron chi connectivity index (χ1n) is 7.61. The molecule has 2 rings (SSSR count). The average molecular weight is 302 g/mol. The van der Waals surface area contributed by atoms with Crippen molar-refractivity contribution >= 4 is 17.4 Å². The molecule has 1 aliphatic carbocycles. The van der Waals surface area contributed by atoms with Gasteiger partial charge in [0.05, 0.1) is 0 Å². The zero-order valence-corrected chi connectivity index (χ0v) is 12.5. The summed E-state index contributed by atoms with van der Waals surface area (Å²) in [7, 11) is 0. The molecule has 0 spiro atoms. The van der Waals surface area contributed by atoms with Crippen LogP contribution in [0.25, 0.3) is 5.57 Å². The maximum absolute atomic E-state index is 11.8. The van der Waals surface area contributed by atoms with E-state index in [1.165, 1.54) is 5.56 Å². The average Bonchev–Trinajstić information content (AvgIpc) is 2.52. The molecule has 1 atom stereocenters. The standard InChI is InChI=1S/C17H22N2O3/c18-10-4-9-16(20)19-15(17(21)22)11-13-7-3-6-12-5-1-2-8-14(12)13/h1-2,5,7-8,15H,3-4,6,9-11,18H2,(H,19,20)(H,21,22). The zero-order chi connectivity index (χ0) is 15.9. The summed E-state index contributed by atoms with van der Waals surface area (Å²) in [6, 6.07) is 7.12. The van der Waals surface area contributed by atoms with E-state index >= 15 is 0 Å². The van der Waals surface area contributed by atoms with Crippen LogP contribution in [-0.4, -0.2) is 29.6 Å². The van der Waals surface area contributed by atoms with Gasteiger partial charge in [-0.2, -0.15) is 0 Å². The SMILES string of the molecule is NCCCC(=O)NC(CC1=CCCc2ccccc21)C(=O)O. The lowest BCUT2D eigenvalue weighted by molar-refractivity contribution is -0.141. The molecule has 5 nitrogen and oxygen atoms in total. The Labute approximate surface area is 130 Å². The van der Waals surface area contributed by atoms with Crippen LogP contribution in [0, 0.1) is 0 Å². The highest BCUT2D eigenvalue weighted by Gasteiger charge is 2.23. The lowest BCUT2D eigenvalue weighted by Crippen LogP contribution is -2.41. The van der Waals surface area contributed by atoms with Crippen LogP contribution in [0.15, 0.2) is 30.3 Å². The highest BCUT2D eigenvalue weighted by atomic mass is 16.4. The second-order valence-electron chi connectivity index (χ2n) is 5.48. The van der Waals surface area contributed by atoms with Gasteiger partial charge in [-0.3, -0.25) is 4.79 Å². The number of hydrogen-bond acceptors (Lipinski definition) is 3. The van der Waals surface area contributed by atoms with E-state index in [0.717, 1.165) is 24.0 Å². The summed E-state index contributed by atoms with van der Waals surface area (Å²) in [6.45, 7) is 0.420. The molecule has 0 saturated heterocycles. The van der Waals surface area contributed by atoms with Crippen LogP contribution in [0.1, 0.15) is 36.8 Å². The molecule has 0 saturated carbocycles. The quantitative estimate of drug-likeness (QED) is 0.715. The van der Waals surface area contributed by atoms with Crippen LogP contribution >= 0.6 is 0 Å². The predicted molar refractivity (Wildman–Crippen MR) is 85.2 cm³/mol. The van der Waals surface area contributed by atoms with Gasteiger partial charge in [-0.25, -0.2) is 4.79 Å². The monoisotopic (exact) mass is 302 g/mol. The molecular weight excluding hydrogens is 280 g/mol. The summed E-state index contributed by atoms with van der Waals surface area (Å²) in [4.78, 5) is 23.2. The van der Waals surface area contributed by atoms with Crippen LogP contribution < -0.4 is 11.1 Å². The Morgan fingerprint density at radius 3 is 2.82 bits per heavy atom. The molecular formula is C17H22N2O3. The molecule has 1 aromatic carbocycles. The molecule has 1 aromatic rings. The fourth-order valence-electron chi connectivity index (χ4n) is 2.71. The van der Waals surface area contributed by atoms with Gasteiger partial charge in [0.1, 0.15) is 6.04 Å². The van der Waals surface area contributed by atoms with Gasteiger partial charge >= 0.3 is 5.97 Å². The van der Waals surface area contributed by atoms with Gasteiger partial charge in [-0.05, 0) is 42.5 Å². The Morgan fingerprint density at radius 2 is 2.09 bits per heavy atom. The molecule has 0 heterocycles. The van der Waals surface area contributed by atoms with E-state index < -0.39 is 12.0 Å². The normalized spacial score (nSPS) is 14.7. The lowest BCUT2D eigenvalue weighted by atomic mass is 9.87. The highest BCUT2D eigenvalue weighted by Crippen LogP contribution is 2.29. The van der Waals surface area contributed by atoms with Crippen LogP contribution in [0.2, 0.25) is 0 Å². The first-order chi connectivity index (χ1) is 10.6. The van der Waals surface area contributed by atoms with E-state index in [1.807, 2.05) is 18.2 Å². The van der Waals surface area contributed by atoms with E-state index in [2.05, 4.69) is 17.5 Å². The number of carbonyl (C=O) groups is 2. The van der Waals surface area contributed by atoms with Gasteiger partial charge in [0.2, 0.25) is 5.91 Å². The number of nitrogens with one attached hydrogen (secondary N) is 1. The number of amides is 1. The van der Waals surface area contributed by atoms with Gasteiger partial charge in [0.15, 0.2) is 0 Å². The van der Waals surface area contributed by atoms with Crippen molar-refractivity contribution in [1.29, 1.82) is 0 Å². The second-order valence-corrected chi connectivity index (χ2v) is 5.48. The molecule has 0 aromatic heterocycles. The minimum atomic E-state index is -1.01. The Bertz CT molecular complexity index is 581. The molecule has 1 aliphatic rings. The smallest absolute Gasteiger partial charge is 0.326 e. The van der Waals surface area contributed by atoms with Gasteiger partial charge in [0, 0.05) is 12.8 Å². The molecule has 1 amide bonds. The number of nitrogens with two attached hydrogens (primary N) is 1. The molecule has 0 radical (unpaired) electrons. The third-order valence-corrected chi connectivity index (χ3v) is 3.83. The van der Waals surface area contributed by atoms with E-state index in [4.69, 9.17) is 5.73 Å². The largest absolute Gasteiger partial charge is 0.480 e. The zero-order valence-electron chi connectivity index (χ0n) is 12.5. The molecule has 0 fully saturated rings. The third kappa shape index (κ3) is 4.18. The van der Waals surface area contributed by atoms with Gasteiger partial charge in [0.25, 0.3) is 0 Å². The molecule has 0 bridgehead atoms. The fraction of sp³-hybridized carbons (Fsp3) is 0.412. The summed E-state index contributed by atoms with van der Waals surface area (Å²) in [5.74, 6) is -1.27. The van der Waals surface area contributed by atoms with Crippen molar-refractivity contribution in [2.75, 3.05) is 6.54 Å². The van der Waals surface area contributed by atoms with Crippen LogP contribution in [-0.2, 0) is 16.0 Å². The summed E-state index contributed by atoms with van der Waals surface area (Å²) in [5, 5.41) is 12.0. The van der Waals surface area contributed by atoms with Crippen molar-refractivity contribution in [3.8, 4) is 0 Å². The maximum Gasteiger partial charge on any atom is 0.326 e. The number of aryl methyl sites for hydroxylation is 1. The number of allylic oxidation sites excluding steroid dienone is 1. The van der Waals surface area contributed by atoms with E-state index in [0.29, 0.717) is 19.4 Å². The number of rotatable bonds is 7. The number of fused-ring (bicyclic) bond motifs is 1. The van der Waals surface area contributed by atoms with Crippen LogP contribution in [0.4, 0.5) is 0 Å². The molecule has 0 aliphatic heterocycles. The Morgan fingerprint density at radius 1 is 1.32 bits per heavy atom. The first-order valence-corrected chi connectivity index (χ1v) is 7.61. The minimum Gasteiger partial charge on any atom is -0.480 e. The summed E-state index contributed by atoms with van der Waals surface area (Å²) in [5.41, 5.74) is 8.69. The highest BCUT2D eigenvalue weighted by molar-refractivity contribution is 5.85. The number of carboxylic acid groups (broad SMARTS) is 1.